The molecule has 0 radical (unpaired) electrons. The molecule has 86 valence electrons. The van der Waals surface area contributed by atoms with Crippen molar-refractivity contribution in [3.05, 3.63) is 0 Å². The molecule has 14 heavy (non-hydrogen) atoms. The third-order valence-electron chi connectivity index (χ3n) is 1.67. The summed E-state index contributed by atoms with van der Waals surface area (Å²) in [7, 11) is 1.60. The van der Waals surface area contributed by atoms with Crippen LogP contribution in [0.15, 0.2) is 0 Å². The van der Waals surface area contributed by atoms with E-state index in [1.54, 1.807) is 7.11 Å². The second kappa shape index (κ2) is 9.24. The van der Waals surface area contributed by atoms with Crippen molar-refractivity contribution in [3.63, 3.8) is 0 Å². The van der Waals surface area contributed by atoms with Crippen LogP contribution in [0.1, 0.15) is 20.3 Å². The van der Waals surface area contributed by atoms with Crippen LogP contribution in [-0.4, -0.2) is 32.2 Å². The molecule has 0 aromatic heterocycles. The zero-order valence-corrected chi connectivity index (χ0v) is 9.89. The van der Waals surface area contributed by atoms with Gasteiger partial charge in [0.2, 0.25) is 5.91 Å². The first-order valence-corrected chi connectivity index (χ1v) is 4.60. The summed E-state index contributed by atoms with van der Waals surface area (Å²) in [6.45, 7) is 5.14. The summed E-state index contributed by atoms with van der Waals surface area (Å²) in [5, 5.41) is 2.70. The molecule has 0 aromatic carbocycles. The molecule has 5 heteroatoms. The molecule has 0 spiro atoms. The summed E-state index contributed by atoms with van der Waals surface area (Å²) < 4.78 is 4.80. The minimum atomic E-state index is -0.392. The summed E-state index contributed by atoms with van der Waals surface area (Å²) in [5.74, 6) is 0.355. The van der Waals surface area contributed by atoms with Gasteiger partial charge in [0.25, 0.3) is 0 Å². The molecule has 0 fully saturated rings. The highest BCUT2D eigenvalue weighted by molar-refractivity contribution is 5.85. The van der Waals surface area contributed by atoms with E-state index in [0.29, 0.717) is 19.1 Å². The molecule has 0 saturated carbocycles. The second-order valence-corrected chi connectivity index (χ2v) is 3.52. The fourth-order valence-electron chi connectivity index (χ4n) is 1.02. The van der Waals surface area contributed by atoms with Crippen molar-refractivity contribution in [3.8, 4) is 0 Å². The van der Waals surface area contributed by atoms with Crippen LogP contribution in [0.25, 0.3) is 0 Å². The summed E-state index contributed by atoms with van der Waals surface area (Å²) in [6, 6.07) is -0.392. The number of nitrogens with one attached hydrogen (secondary N) is 1. The van der Waals surface area contributed by atoms with Gasteiger partial charge in [-0.1, -0.05) is 13.8 Å². The van der Waals surface area contributed by atoms with E-state index in [1.807, 2.05) is 13.8 Å². The lowest BCUT2D eigenvalue weighted by Crippen LogP contribution is -2.42. The first kappa shape index (κ1) is 16.1. The van der Waals surface area contributed by atoms with E-state index in [4.69, 9.17) is 10.5 Å². The van der Waals surface area contributed by atoms with Crippen molar-refractivity contribution in [1.82, 2.24) is 5.32 Å². The van der Waals surface area contributed by atoms with Gasteiger partial charge in [-0.15, -0.1) is 12.4 Å². The largest absolute Gasteiger partial charge is 0.383 e. The Morgan fingerprint density at radius 2 is 2.07 bits per heavy atom. The number of amides is 1. The first-order valence-electron chi connectivity index (χ1n) is 4.60. The first-order chi connectivity index (χ1) is 6.07. The van der Waals surface area contributed by atoms with Crippen LogP contribution in [0.5, 0.6) is 0 Å². The average Bonchev–Trinajstić information content (AvgIpc) is 2.03. The van der Waals surface area contributed by atoms with Gasteiger partial charge in [0, 0.05) is 13.7 Å². The monoisotopic (exact) mass is 224 g/mol. The highest BCUT2D eigenvalue weighted by Gasteiger charge is 2.13. The lowest BCUT2D eigenvalue weighted by atomic mass is 10.0. The Balaban J connectivity index is 0. The standard InChI is InChI=1S/C9H20N2O2.ClH/c1-7(2)6-8(10)9(12)11-4-5-13-3;/h7-8H,4-6,10H2,1-3H3,(H,11,12);1H. The van der Waals surface area contributed by atoms with Gasteiger partial charge in [-0.25, -0.2) is 0 Å². The zero-order valence-electron chi connectivity index (χ0n) is 9.08. The molecule has 1 atom stereocenters. The van der Waals surface area contributed by atoms with Crippen LogP contribution in [0.2, 0.25) is 0 Å². The molecule has 0 saturated heterocycles. The molecule has 0 aliphatic rings. The van der Waals surface area contributed by atoms with E-state index < -0.39 is 6.04 Å². The van der Waals surface area contributed by atoms with Crippen molar-refractivity contribution in [2.24, 2.45) is 11.7 Å². The third kappa shape index (κ3) is 8.29. The smallest absolute Gasteiger partial charge is 0.237 e. The molecule has 0 aromatic rings. The molecule has 0 aliphatic carbocycles. The van der Waals surface area contributed by atoms with E-state index in [2.05, 4.69) is 5.32 Å². The van der Waals surface area contributed by atoms with Crippen molar-refractivity contribution in [2.75, 3.05) is 20.3 Å². The number of ether oxygens (including phenoxy) is 1. The van der Waals surface area contributed by atoms with Gasteiger partial charge in [-0.3, -0.25) is 4.79 Å². The maximum Gasteiger partial charge on any atom is 0.237 e. The Labute approximate surface area is 92.0 Å². The van der Waals surface area contributed by atoms with E-state index in [0.717, 1.165) is 6.42 Å². The number of carbonyl (C=O) groups is 1. The summed E-state index contributed by atoms with van der Waals surface area (Å²) in [5.41, 5.74) is 5.65. The van der Waals surface area contributed by atoms with Gasteiger partial charge in [-0.05, 0) is 12.3 Å². The lowest BCUT2D eigenvalue weighted by molar-refractivity contribution is -0.122. The van der Waals surface area contributed by atoms with Crippen molar-refractivity contribution >= 4 is 18.3 Å². The van der Waals surface area contributed by atoms with Crippen LogP contribution in [0, 0.1) is 5.92 Å². The van der Waals surface area contributed by atoms with Crippen LogP contribution in [0.3, 0.4) is 0 Å². The molecule has 1 unspecified atom stereocenters. The number of hydrogen-bond acceptors (Lipinski definition) is 3. The van der Waals surface area contributed by atoms with Crippen LogP contribution in [-0.2, 0) is 9.53 Å². The quantitative estimate of drug-likeness (QED) is 0.648. The number of halogens is 1. The molecular weight excluding hydrogens is 204 g/mol. The van der Waals surface area contributed by atoms with Gasteiger partial charge >= 0.3 is 0 Å². The molecule has 4 nitrogen and oxygen atoms in total. The molecule has 0 heterocycles. The Hall–Kier alpha value is -0.320. The number of carbonyl (C=O) groups excluding carboxylic acids is 1. The molecular formula is C9H21ClN2O2. The van der Waals surface area contributed by atoms with Crippen molar-refractivity contribution < 1.29 is 9.53 Å². The lowest BCUT2D eigenvalue weighted by Gasteiger charge is -2.13. The Kier molecular flexibility index (Phi) is 10.6. The highest BCUT2D eigenvalue weighted by atomic mass is 35.5. The summed E-state index contributed by atoms with van der Waals surface area (Å²) in [6.07, 6.45) is 0.721. The van der Waals surface area contributed by atoms with E-state index in [9.17, 15) is 4.79 Å². The maximum absolute atomic E-state index is 11.3. The predicted octanol–water partition coefficient (Wildman–Crippen LogP) is 0.544. The molecule has 0 aliphatic heterocycles. The predicted molar refractivity (Wildman–Crippen MR) is 59.6 cm³/mol. The van der Waals surface area contributed by atoms with Gasteiger partial charge in [0.15, 0.2) is 0 Å². The summed E-state index contributed by atoms with van der Waals surface area (Å²) >= 11 is 0. The van der Waals surface area contributed by atoms with Gasteiger partial charge in [0.1, 0.15) is 0 Å². The second-order valence-electron chi connectivity index (χ2n) is 3.52. The van der Waals surface area contributed by atoms with Gasteiger partial charge < -0.3 is 15.8 Å². The van der Waals surface area contributed by atoms with Crippen LogP contribution < -0.4 is 11.1 Å². The van der Waals surface area contributed by atoms with Crippen molar-refractivity contribution in [1.29, 1.82) is 0 Å². The Morgan fingerprint density at radius 3 is 2.50 bits per heavy atom. The van der Waals surface area contributed by atoms with E-state index in [1.165, 1.54) is 0 Å². The molecule has 1 amide bonds. The number of methoxy groups -OCH3 is 1. The van der Waals surface area contributed by atoms with E-state index in [-0.39, 0.29) is 18.3 Å². The van der Waals surface area contributed by atoms with E-state index >= 15 is 0 Å². The normalized spacial score (nSPS) is 12.1. The van der Waals surface area contributed by atoms with Crippen LogP contribution in [0.4, 0.5) is 0 Å². The number of rotatable bonds is 6. The topological polar surface area (TPSA) is 64.3 Å². The maximum atomic E-state index is 11.3. The fourth-order valence-corrected chi connectivity index (χ4v) is 1.02. The Morgan fingerprint density at radius 1 is 1.50 bits per heavy atom. The fraction of sp³-hybridized carbons (Fsp3) is 0.889. The Bertz CT molecular complexity index is 154. The average molecular weight is 225 g/mol. The SMILES string of the molecule is COCCNC(=O)C(N)CC(C)C.Cl. The molecule has 0 bridgehead atoms. The van der Waals surface area contributed by atoms with Gasteiger partial charge in [-0.2, -0.15) is 0 Å². The van der Waals surface area contributed by atoms with Gasteiger partial charge in [0.05, 0.1) is 12.6 Å². The third-order valence-corrected chi connectivity index (χ3v) is 1.67. The molecule has 3 N–H and O–H groups in total. The van der Waals surface area contributed by atoms with Crippen molar-refractivity contribution in [2.45, 2.75) is 26.3 Å². The molecule has 0 rings (SSSR count). The summed E-state index contributed by atoms with van der Waals surface area (Å²) in [4.78, 5) is 11.3. The van der Waals surface area contributed by atoms with Crippen LogP contribution >= 0.6 is 12.4 Å². The zero-order chi connectivity index (χ0) is 10.3. The minimum Gasteiger partial charge on any atom is -0.383 e. The minimum absolute atomic E-state index is 0. The highest BCUT2D eigenvalue weighted by Crippen LogP contribution is 2.01. The number of hydrogen-bond donors (Lipinski definition) is 2. The number of nitrogens with two attached hydrogens (primary N) is 1.